The smallest absolute Gasteiger partial charge is 0.475 e. The fourth-order valence-corrected chi connectivity index (χ4v) is 4.15. The van der Waals surface area contributed by atoms with Gasteiger partial charge in [-0.3, -0.25) is 9.69 Å². The molecule has 8 heteroatoms. The van der Waals surface area contributed by atoms with Crippen molar-refractivity contribution < 1.29 is 27.9 Å². The van der Waals surface area contributed by atoms with Gasteiger partial charge in [-0.05, 0) is 31.5 Å². The second-order valence-corrected chi connectivity index (χ2v) is 6.93. The Bertz CT molecular complexity index is 666. The summed E-state index contributed by atoms with van der Waals surface area (Å²) >= 11 is 0. The minimum atomic E-state index is -5.08. The van der Waals surface area contributed by atoms with E-state index in [0.29, 0.717) is 6.04 Å². The van der Waals surface area contributed by atoms with Gasteiger partial charge < -0.3 is 10.0 Å². The molecule has 2 unspecified atom stereocenters. The number of carboxylic acids is 1. The molecule has 0 saturated carbocycles. The predicted molar refractivity (Wildman–Crippen MR) is 94.3 cm³/mol. The van der Waals surface area contributed by atoms with Gasteiger partial charge >= 0.3 is 12.1 Å². The molecule has 0 aliphatic carbocycles. The zero-order valence-corrected chi connectivity index (χ0v) is 15.5. The molecule has 1 aromatic rings. The number of hydrogen-bond acceptors (Lipinski definition) is 3. The van der Waals surface area contributed by atoms with Gasteiger partial charge in [0.05, 0.1) is 0 Å². The first-order chi connectivity index (χ1) is 12.6. The number of halogens is 3. The number of nitrogens with zero attached hydrogens (tertiary/aromatic N) is 2. The Kier molecular flexibility index (Phi) is 6.51. The highest BCUT2D eigenvalue weighted by Gasteiger charge is 2.50. The Labute approximate surface area is 156 Å². The highest BCUT2D eigenvalue weighted by Crippen LogP contribution is 2.45. The van der Waals surface area contributed by atoms with Crippen LogP contribution in [0.5, 0.6) is 0 Å². The summed E-state index contributed by atoms with van der Waals surface area (Å²) in [7, 11) is 0. The van der Waals surface area contributed by atoms with E-state index < -0.39 is 12.1 Å². The normalized spacial score (nSPS) is 25.4. The number of fused-ring (bicyclic) bond motifs is 1. The summed E-state index contributed by atoms with van der Waals surface area (Å²) in [5.41, 5.74) is 1.72. The van der Waals surface area contributed by atoms with Crippen molar-refractivity contribution in [3.63, 3.8) is 0 Å². The van der Waals surface area contributed by atoms with Crippen LogP contribution in [0.3, 0.4) is 0 Å². The molecule has 1 N–H and O–H groups in total. The molecule has 2 aliphatic heterocycles. The van der Waals surface area contributed by atoms with Crippen LogP contribution in [0.1, 0.15) is 32.3 Å². The third kappa shape index (κ3) is 4.61. The number of likely N-dealkylation sites (N-methyl/N-ethyl adjacent to an activating group) is 1. The van der Waals surface area contributed by atoms with Gasteiger partial charge in [-0.1, -0.05) is 37.3 Å². The first-order valence-corrected chi connectivity index (χ1v) is 8.97. The number of hydrogen-bond donors (Lipinski definition) is 1. The number of carbonyl (C=O) groups is 2. The number of carboxylic acid groups (broad SMARTS) is 1. The second kappa shape index (κ2) is 8.29. The van der Waals surface area contributed by atoms with Gasteiger partial charge in [-0.25, -0.2) is 4.79 Å². The molecule has 2 fully saturated rings. The molecular formula is C19H25F3N2O3. The molecule has 3 rings (SSSR count). The van der Waals surface area contributed by atoms with E-state index in [-0.39, 0.29) is 11.3 Å². The molecule has 1 amide bonds. The lowest BCUT2D eigenvalue weighted by Gasteiger charge is -2.46. The number of alkyl halides is 3. The van der Waals surface area contributed by atoms with Crippen LogP contribution in [-0.4, -0.2) is 65.2 Å². The van der Waals surface area contributed by atoms with Crippen LogP contribution in [0.15, 0.2) is 30.3 Å². The Morgan fingerprint density at radius 1 is 1.19 bits per heavy atom. The van der Waals surface area contributed by atoms with Crippen molar-refractivity contribution in [3.8, 4) is 0 Å². The van der Waals surface area contributed by atoms with Crippen molar-refractivity contribution in [2.75, 3.05) is 26.2 Å². The lowest BCUT2D eigenvalue weighted by Crippen LogP contribution is -2.56. The summed E-state index contributed by atoms with van der Waals surface area (Å²) in [6.07, 6.45) is -2.76. The van der Waals surface area contributed by atoms with E-state index in [1.165, 1.54) is 12.0 Å². The first-order valence-electron chi connectivity index (χ1n) is 8.97. The molecule has 2 heterocycles. The van der Waals surface area contributed by atoms with Crippen LogP contribution < -0.4 is 0 Å². The number of rotatable bonds is 2. The molecule has 2 atom stereocenters. The van der Waals surface area contributed by atoms with Crippen molar-refractivity contribution >= 4 is 11.9 Å². The van der Waals surface area contributed by atoms with Crippen LogP contribution in [-0.2, 0) is 15.0 Å². The number of benzene rings is 1. The molecule has 0 radical (unpaired) electrons. The SMILES string of the molecule is CCN1CCC2(c3ccccc3)CCN(C(C)=O)CC12.O=C(O)C(F)(F)F. The largest absolute Gasteiger partial charge is 0.490 e. The minimum Gasteiger partial charge on any atom is -0.475 e. The van der Waals surface area contributed by atoms with Crippen molar-refractivity contribution in [2.45, 2.75) is 44.3 Å². The number of amides is 1. The van der Waals surface area contributed by atoms with Crippen LogP contribution in [0.4, 0.5) is 13.2 Å². The Balaban J connectivity index is 0.000000321. The number of likely N-dealkylation sites (tertiary alicyclic amines) is 2. The number of aliphatic carboxylic acids is 1. The third-order valence-corrected chi connectivity index (χ3v) is 5.59. The van der Waals surface area contributed by atoms with Crippen molar-refractivity contribution in [1.29, 1.82) is 0 Å². The average molecular weight is 386 g/mol. The van der Waals surface area contributed by atoms with E-state index in [0.717, 1.165) is 32.6 Å². The zero-order valence-electron chi connectivity index (χ0n) is 15.5. The van der Waals surface area contributed by atoms with Gasteiger partial charge in [-0.2, -0.15) is 13.2 Å². The number of piperidine rings is 1. The maximum absolute atomic E-state index is 11.7. The molecule has 0 spiro atoms. The van der Waals surface area contributed by atoms with Crippen LogP contribution in [0.25, 0.3) is 0 Å². The Morgan fingerprint density at radius 2 is 1.74 bits per heavy atom. The average Bonchev–Trinajstić information content (AvgIpc) is 3.01. The van der Waals surface area contributed by atoms with E-state index in [1.807, 2.05) is 4.90 Å². The molecule has 2 saturated heterocycles. The zero-order chi connectivity index (χ0) is 20.2. The maximum Gasteiger partial charge on any atom is 0.490 e. The second-order valence-electron chi connectivity index (χ2n) is 6.93. The molecule has 0 aromatic heterocycles. The molecule has 27 heavy (non-hydrogen) atoms. The monoisotopic (exact) mass is 386 g/mol. The quantitative estimate of drug-likeness (QED) is 0.849. The van der Waals surface area contributed by atoms with Gasteiger partial charge in [0.1, 0.15) is 0 Å². The molecule has 2 aliphatic rings. The highest BCUT2D eigenvalue weighted by atomic mass is 19.4. The van der Waals surface area contributed by atoms with Gasteiger partial charge in [0.2, 0.25) is 5.91 Å². The summed E-state index contributed by atoms with van der Waals surface area (Å²) in [6, 6.07) is 11.4. The van der Waals surface area contributed by atoms with Gasteiger partial charge in [0.15, 0.2) is 0 Å². The van der Waals surface area contributed by atoms with Gasteiger partial charge in [0, 0.05) is 31.5 Å². The van der Waals surface area contributed by atoms with Crippen molar-refractivity contribution in [2.24, 2.45) is 0 Å². The van der Waals surface area contributed by atoms with E-state index in [4.69, 9.17) is 9.90 Å². The molecule has 1 aromatic carbocycles. The standard InChI is InChI=1S/C17H24N2O.C2HF3O2/c1-3-18-11-9-17(15-7-5-4-6-8-15)10-12-19(14(2)20)13-16(17)18;3-2(4,5)1(6)7/h4-8,16H,3,9-13H2,1-2H3;(H,6,7). The Morgan fingerprint density at radius 3 is 2.22 bits per heavy atom. The lowest BCUT2D eigenvalue weighted by atomic mass is 9.69. The predicted octanol–water partition coefficient (Wildman–Crippen LogP) is 2.90. The van der Waals surface area contributed by atoms with Crippen molar-refractivity contribution in [1.82, 2.24) is 9.80 Å². The number of carbonyl (C=O) groups excluding carboxylic acids is 1. The summed E-state index contributed by atoms with van der Waals surface area (Å²) in [5.74, 6) is -2.54. The maximum atomic E-state index is 11.7. The van der Waals surface area contributed by atoms with E-state index in [2.05, 4.69) is 42.2 Å². The van der Waals surface area contributed by atoms with Gasteiger partial charge in [-0.15, -0.1) is 0 Å². The van der Waals surface area contributed by atoms with Gasteiger partial charge in [0.25, 0.3) is 0 Å². The molecule has 150 valence electrons. The minimum absolute atomic E-state index is 0.217. The fraction of sp³-hybridized carbons (Fsp3) is 0.579. The fourth-order valence-electron chi connectivity index (χ4n) is 4.15. The summed E-state index contributed by atoms with van der Waals surface area (Å²) in [6.45, 7) is 7.94. The molecule has 5 nitrogen and oxygen atoms in total. The summed E-state index contributed by atoms with van der Waals surface area (Å²) < 4.78 is 31.7. The summed E-state index contributed by atoms with van der Waals surface area (Å²) in [4.78, 5) is 25.2. The topological polar surface area (TPSA) is 60.9 Å². The van der Waals surface area contributed by atoms with Crippen molar-refractivity contribution in [3.05, 3.63) is 35.9 Å². The molecular weight excluding hydrogens is 361 g/mol. The van der Waals surface area contributed by atoms with Crippen LogP contribution in [0.2, 0.25) is 0 Å². The third-order valence-electron chi connectivity index (χ3n) is 5.59. The first kappa shape index (κ1) is 21.2. The lowest BCUT2D eigenvalue weighted by molar-refractivity contribution is -0.192. The van der Waals surface area contributed by atoms with E-state index in [1.54, 1.807) is 6.92 Å². The van der Waals surface area contributed by atoms with E-state index >= 15 is 0 Å². The van der Waals surface area contributed by atoms with E-state index in [9.17, 15) is 18.0 Å². The summed E-state index contributed by atoms with van der Waals surface area (Å²) in [5, 5.41) is 7.12. The van der Waals surface area contributed by atoms with Crippen LogP contribution in [0, 0.1) is 0 Å². The highest BCUT2D eigenvalue weighted by molar-refractivity contribution is 5.73. The van der Waals surface area contributed by atoms with Crippen LogP contribution >= 0.6 is 0 Å². The molecule has 0 bridgehead atoms. The Hall–Kier alpha value is -2.09.